The zero-order valence-electron chi connectivity index (χ0n) is 14.1. The van der Waals surface area contributed by atoms with Gasteiger partial charge in [-0.05, 0) is 36.4 Å². The van der Waals surface area contributed by atoms with Gasteiger partial charge in [-0.3, -0.25) is 14.9 Å². The van der Waals surface area contributed by atoms with Gasteiger partial charge in [0.25, 0.3) is 5.91 Å². The normalized spacial score (nSPS) is 15.7. The van der Waals surface area contributed by atoms with Gasteiger partial charge in [0.2, 0.25) is 5.91 Å². The summed E-state index contributed by atoms with van der Waals surface area (Å²) in [4.78, 5) is 31.8. The molecular weight excluding hydrogens is 366 g/mol. The molecule has 0 radical (unpaired) electrons. The molecule has 0 saturated heterocycles. The predicted octanol–water partition coefficient (Wildman–Crippen LogP) is 3.98. The van der Waals surface area contributed by atoms with Crippen molar-refractivity contribution in [2.75, 3.05) is 10.2 Å². The number of carbonyl (C=O) groups is 2. The fourth-order valence-electron chi connectivity index (χ4n) is 3.20. The lowest BCUT2D eigenvalue weighted by molar-refractivity contribution is -0.118. The summed E-state index contributed by atoms with van der Waals surface area (Å²) in [5.41, 5.74) is 2.88. The van der Waals surface area contributed by atoms with Crippen LogP contribution >= 0.6 is 22.7 Å². The number of para-hydroxylation sites is 1. The van der Waals surface area contributed by atoms with Crippen LogP contribution in [0.15, 0.2) is 47.2 Å². The van der Waals surface area contributed by atoms with E-state index in [-0.39, 0.29) is 24.3 Å². The van der Waals surface area contributed by atoms with Crippen LogP contribution in [-0.4, -0.2) is 22.8 Å². The van der Waals surface area contributed by atoms with E-state index in [4.69, 9.17) is 0 Å². The lowest BCUT2D eigenvalue weighted by atomic mass is 10.1. The maximum absolute atomic E-state index is 12.8. The van der Waals surface area contributed by atoms with Crippen LogP contribution in [-0.2, 0) is 17.6 Å². The number of nitrogens with zero attached hydrogens (tertiary/aromatic N) is 2. The van der Waals surface area contributed by atoms with Crippen LogP contribution in [0.5, 0.6) is 0 Å². The van der Waals surface area contributed by atoms with Gasteiger partial charge < -0.3 is 4.90 Å². The third kappa shape index (κ3) is 3.27. The van der Waals surface area contributed by atoms with Crippen molar-refractivity contribution in [2.45, 2.75) is 25.8 Å². The molecule has 5 nitrogen and oxygen atoms in total. The summed E-state index contributed by atoms with van der Waals surface area (Å²) in [5, 5.41) is 6.99. The topological polar surface area (TPSA) is 62.3 Å². The van der Waals surface area contributed by atoms with Crippen molar-refractivity contribution in [1.29, 1.82) is 0 Å². The van der Waals surface area contributed by atoms with Gasteiger partial charge in [0.05, 0.1) is 17.0 Å². The largest absolute Gasteiger partial charge is 0.309 e. The molecule has 4 rings (SSSR count). The van der Waals surface area contributed by atoms with E-state index in [1.165, 1.54) is 28.2 Å². The zero-order valence-corrected chi connectivity index (χ0v) is 15.8. The number of nitrogens with one attached hydrogen (secondary N) is 1. The van der Waals surface area contributed by atoms with Gasteiger partial charge >= 0.3 is 0 Å². The van der Waals surface area contributed by atoms with Crippen molar-refractivity contribution >= 4 is 45.3 Å². The van der Waals surface area contributed by atoms with Crippen molar-refractivity contribution < 1.29 is 9.59 Å². The van der Waals surface area contributed by atoms with Crippen molar-refractivity contribution in [1.82, 2.24) is 4.98 Å². The summed E-state index contributed by atoms with van der Waals surface area (Å²) in [5.74, 6) is -0.141. The van der Waals surface area contributed by atoms with Crippen LogP contribution in [0.2, 0.25) is 0 Å². The van der Waals surface area contributed by atoms with Gasteiger partial charge in [0.15, 0.2) is 5.13 Å². The molecule has 26 heavy (non-hydrogen) atoms. The predicted molar refractivity (Wildman–Crippen MR) is 105 cm³/mol. The Kier molecular flexibility index (Phi) is 4.57. The second kappa shape index (κ2) is 7.01. The van der Waals surface area contributed by atoms with E-state index in [0.717, 1.165) is 12.1 Å². The number of hydrogen-bond donors (Lipinski definition) is 1. The van der Waals surface area contributed by atoms with Gasteiger partial charge in [0.1, 0.15) is 0 Å². The number of aromatic nitrogens is 1. The molecule has 1 aromatic carbocycles. The molecule has 0 saturated carbocycles. The highest BCUT2D eigenvalue weighted by Gasteiger charge is 2.30. The molecule has 0 spiro atoms. The summed E-state index contributed by atoms with van der Waals surface area (Å²) in [6.07, 6.45) is 1.10. The quantitative estimate of drug-likeness (QED) is 0.741. The first-order chi connectivity index (χ1) is 12.6. The Bertz CT molecular complexity index is 949. The molecule has 132 valence electrons. The number of thiophene rings is 1. The number of fused-ring (bicyclic) bond motifs is 1. The van der Waals surface area contributed by atoms with E-state index in [9.17, 15) is 9.59 Å². The molecule has 0 aliphatic carbocycles. The van der Waals surface area contributed by atoms with E-state index in [1.54, 1.807) is 6.07 Å². The van der Waals surface area contributed by atoms with E-state index >= 15 is 0 Å². The molecule has 1 aliphatic rings. The zero-order chi connectivity index (χ0) is 18.1. The van der Waals surface area contributed by atoms with Crippen LogP contribution < -0.4 is 10.2 Å². The van der Waals surface area contributed by atoms with Crippen LogP contribution in [0.3, 0.4) is 0 Å². The van der Waals surface area contributed by atoms with Crippen LogP contribution in [0.1, 0.15) is 27.9 Å². The Labute approximate surface area is 159 Å². The standard InChI is InChI=1S/C19H17N3O2S2/c1-12-9-13-5-2-3-6-15(13)22(12)17(23)10-14-11-26-19(20-14)21-18(24)16-7-4-8-25-16/h2-8,11-12H,9-10H2,1H3,(H,20,21,24)/t12-/m0/s1. The first-order valence-electron chi connectivity index (χ1n) is 8.31. The van der Waals surface area contributed by atoms with Crippen molar-refractivity contribution in [3.63, 3.8) is 0 Å². The summed E-state index contributed by atoms with van der Waals surface area (Å²) in [6.45, 7) is 2.06. The second-order valence-electron chi connectivity index (χ2n) is 6.20. The fraction of sp³-hybridized carbons (Fsp3) is 0.211. The average Bonchev–Trinajstić information content (AvgIpc) is 3.33. The summed E-state index contributed by atoms with van der Waals surface area (Å²) >= 11 is 2.72. The lowest BCUT2D eigenvalue weighted by Crippen LogP contribution is -2.36. The highest BCUT2D eigenvalue weighted by Crippen LogP contribution is 2.32. The average molecular weight is 383 g/mol. The molecule has 2 amide bonds. The fourth-order valence-corrected chi connectivity index (χ4v) is 4.52. The molecule has 0 fully saturated rings. The molecular formula is C19H17N3O2S2. The molecule has 3 heterocycles. The monoisotopic (exact) mass is 383 g/mol. The summed E-state index contributed by atoms with van der Waals surface area (Å²) < 4.78 is 0. The maximum Gasteiger partial charge on any atom is 0.267 e. The minimum atomic E-state index is -0.172. The molecule has 1 aliphatic heterocycles. The van der Waals surface area contributed by atoms with E-state index in [0.29, 0.717) is 15.7 Å². The molecule has 3 aromatic rings. The van der Waals surface area contributed by atoms with Crippen LogP contribution in [0.4, 0.5) is 10.8 Å². The number of rotatable bonds is 4. The number of thiazole rings is 1. The lowest BCUT2D eigenvalue weighted by Gasteiger charge is -2.22. The van der Waals surface area contributed by atoms with E-state index in [1.807, 2.05) is 39.9 Å². The Morgan fingerprint density at radius 2 is 2.08 bits per heavy atom. The second-order valence-corrected chi connectivity index (χ2v) is 8.00. The smallest absolute Gasteiger partial charge is 0.267 e. The third-order valence-electron chi connectivity index (χ3n) is 4.33. The van der Waals surface area contributed by atoms with E-state index in [2.05, 4.69) is 23.3 Å². The van der Waals surface area contributed by atoms with Gasteiger partial charge in [0, 0.05) is 17.1 Å². The first-order valence-corrected chi connectivity index (χ1v) is 10.1. The molecule has 0 unspecified atom stereocenters. The van der Waals surface area contributed by atoms with Gasteiger partial charge in [-0.15, -0.1) is 22.7 Å². The Morgan fingerprint density at radius 3 is 2.88 bits per heavy atom. The summed E-state index contributed by atoms with van der Waals surface area (Å²) in [7, 11) is 0. The number of benzene rings is 1. The maximum atomic E-state index is 12.8. The van der Waals surface area contributed by atoms with Crippen LogP contribution in [0, 0.1) is 0 Å². The number of amides is 2. The van der Waals surface area contributed by atoms with Gasteiger partial charge in [-0.2, -0.15) is 0 Å². The van der Waals surface area contributed by atoms with Gasteiger partial charge in [-0.25, -0.2) is 4.98 Å². The minimum Gasteiger partial charge on any atom is -0.309 e. The number of hydrogen-bond acceptors (Lipinski definition) is 5. The summed E-state index contributed by atoms with van der Waals surface area (Å²) in [6, 6.07) is 11.8. The Balaban J connectivity index is 1.44. The Morgan fingerprint density at radius 1 is 1.23 bits per heavy atom. The minimum absolute atomic E-state index is 0.0314. The molecule has 7 heteroatoms. The van der Waals surface area contributed by atoms with Crippen molar-refractivity contribution in [2.24, 2.45) is 0 Å². The molecule has 1 atom stereocenters. The first kappa shape index (κ1) is 16.9. The molecule has 1 N–H and O–H groups in total. The number of anilines is 2. The number of carbonyl (C=O) groups excluding carboxylic acids is 2. The van der Waals surface area contributed by atoms with Crippen molar-refractivity contribution in [3.05, 3.63) is 63.3 Å². The van der Waals surface area contributed by atoms with Crippen LogP contribution in [0.25, 0.3) is 0 Å². The highest BCUT2D eigenvalue weighted by atomic mass is 32.1. The SMILES string of the molecule is C[C@H]1Cc2ccccc2N1C(=O)Cc1csc(NC(=O)c2cccs2)n1. The van der Waals surface area contributed by atoms with Gasteiger partial charge in [-0.1, -0.05) is 24.3 Å². The van der Waals surface area contributed by atoms with Crippen molar-refractivity contribution in [3.8, 4) is 0 Å². The molecule has 2 aromatic heterocycles. The van der Waals surface area contributed by atoms with E-state index < -0.39 is 0 Å². The highest BCUT2D eigenvalue weighted by molar-refractivity contribution is 7.14. The molecule has 0 bridgehead atoms. The third-order valence-corrected chi connectivity index (χ3v) is 6.00. The Hall–Kier alpha value is -2.51.